The van der Waals surface area contributed by atoms with Crippen molar-refractivity contribution in [3.8, 4) is 0 Å². The Balaban J connectivity index is 2.51. The first-order valence-electron chi connectivity index (χ1n) is 4.30. The minimum atomic E-state index is -1.09. The van der Waals surface area contributed by atoms with Gasteiger partial charge in [0, 0.05) is 13.1 Å². The lowest BCUT2D eigenvalue weighted by Gasteiger charge is -2.17. The average molecular weight is 229 g/mol. The smallest absolute Gasteiger partial charge is 0.407 e. The molecular formula is C9H11NO4S. The van der Waals surface area contributed by atoms with Gasteiger partial charge in [0.1, 0.15) is 0 Å². The first kappa shape index (κ1) is 11.5. The van der Waals surface area contributed by atoms with Crippen molar-refractivity contribution >= 4 is 23.4 Å². The Bertz CT molecular complexity index is 336. The molecule has 0 aliphatic rings. The quantitative estimate of drug-likeness (QED) is 0.805. The van der Waals surface area contributed by atoms with Crippen LogP contribution in [0, 0.1) is 0 Å². The van der Waals surface area contributed by atoms with Crippen molar-refractivity contribution in [1.29, 1.82) is 0 Å². The fraction of sp³-hybridized carbons (Fsp3) is 0.333. The topological polar surface area (TPSA) is 77.8 Å². The molecule has 1 heterocycles. The highest BCUT2D eigenvalue weighted by Gasteiger charge is 2.13. The summed E-state index contributed by atoms with van der Waals surface area (Å²) in [4.78, 5) is 22.2. The summed E-state index contributed by atoms with van der Waals surface area (Å²) in [5.74, 6) is -0.994. The van der Waals surface area contributed by atoms with Crippen molar-refractivity contribution in [3.63, 3.8) is 0 Å². The Kier molecular flexibility index (Phi) is 4.11. The monoisotopic (exact) mass is 229 g/mol. The van der Waals surface area contributed by atoms with E-state index in [1.54, 1.807) is 0 Å². The van der Waals surface area contributed by atoms with Crippen LogP contribution in [0.5, 0.6) is 0 Å². The number of amides is 1. The lowest BCUT2D eigenvalue weighted by molar-refractivity contribution is -0.137. The minimum Gasteiger partial charge on any atom is -0.481 e. The Labute approximate surface area is 90.6 Å². The van der Waals surface area contributed by atoms with Gasteiger partial charge in [-0.1, -0.05) is 0 Å². The van der Waals surface area contributed by atoms with Gasteiger partial charge in [-0.3, -0.25) is 4.79 Å². The molecule has 1 rings (SSSR count). The van der Waals surface area contributed by atoms with Gasteiger partial charge >= 0.3 is 12.1 Å². The molecule has 0 spiro atoms. The number of hydrogen-bond donors (Lipinski definition) is 2. The maximum absolute atomic E-state index is 10.8. The lowest BCUT2D eigenvalue weighted by atomic mass is 10.3. The van der Waals surface area contributed by atoms with Gasteiger partial charge in [-0.25, -0.2) is 4.79 Å². The van der Waals surface area contributed by atoms with Crippen LogP contribution in [0.25, 0.3) is 0 Å². The van der Waals surface area contributed by atoms with Crippen molar-refractivity contribution in [1.82, 2.24) is 4.90 Å². The van der Waals surface area contributed by atoms with Crippen molar-refractivity contribution in [3.05, 3.63) is 22.4 Å². The lowest BCUT2D eigenvalue weighted by Crippen LogP contribution is -2.30. The molecule has 1 aromatic heterocycles. The Morgan fingerprint density at radius 2 is 2.13 bits per heavy atom. The molecule has 0 radical (unpaired) electrons. The Hall–Kier alpha value is -1.56. The summed E-state index contributed by atoms with van der Waals surface area (Å²) in [6.07, 6.45) is -1.27. The van der Waals surface area contributed by atoms with Gasteiger partial charge < -0.3 is 15.1 Å². The van der Waals surface area contributed by atoms with Gasteiger partial charge in [0.2, 0.25) is 0 Å². The molecule has 0 saturated heterocycles. The molecule has 6 heteroatoms. The van der Waals surface area contributed by atoms with Crippen LogP contribution in [-0.4, -0.2) is 33.7 Å². The van der Waals surface area contributed by atoms with Crippen molar-refractivity contribution in [2.24, 2.45) is 0 Å². The fourth-order valence-electron chi connectivity index (χ4n) is 1.08. The SMILES string of the molecule is O=C(O)CCN(Cc1ccsc1)C(=O)O. The molecule has 1 amide bonds. The van der Waals surface area contributed by atoms with Gasteiger partial charge in [0.05, 0.1) is 6.42 Å². The number of carboxylic acid groups (broad SMARTS) is 2. The highest BCUT2D eigenvalue weighted by molar-refractivity contribution is 7.07. The number of carbonyl (C=O) groups is 2. The largest absolute Gasteiger partial charge is 0.481 e. The van der Waals surface area contributed by atoms with Gasteiger partial charge in [-0.15, -0.1) is 0 Å². The van der Waals surface area contributed by atoms with E-state index in [4.69, 9.17) is 10.2 Å². The second-order valence-corrected chi connectivity index (χ2v) is 3.76. The first-order chi connectivity index (χ1) is 7.09. The third kappa shape index (κ3) is 3.99. The van der Waals surface area contributed by atoms with Crippen LogP contribution in [0.4, 0.5) is 4.79 Å². The maximum atomic E-state index is 10.8. The third-order valence-electron chi connectivity index (χ3n) is 1.82. The molecule has 0 unspecified atom stereocenters. The molecule has 0 bridgehead atoms. The molecule has 15 heavy (non-hydrogen) atoms. The average Bonchev–Trinajstić information content (AvgIpc) is 2.63. The number of hydrogen-bond acceptors (Lipinski definition) is 3. The van der Waals surface area contributed by atoms with E-state index in [-0.39, 0.29) is 19.5 Å². The molecule has 2 N–H and O–H groups in total. The number of nitrogens with zero attached hydrogens (tertiary/aromatic N) is 1. The second kappa shape index (κ2) is 5.35. The van der Waals surface area contributed by atoms with Crippen LogP contribution in [0.3, 0.4) is 0 Å². The van der Waals surface area contributed by atoms with E-state index in [9.17, 15) is 9.59 Å². The van der Waals surface area contributed by atoms with Crippen LogP contribution in [0.15, 0.2) is 16.8 Å². The van der Waals surface area contributed by atoms with Crippen molar-refractivity contribution in [2.45, 2.75) is 13.0 Å². The summed E-state index contributed by atoms with van der Waals surface area (Å²) in [5, 5.41) is 21.0. The molecule has 0 aromatic carbocycles. The van der Waals surface area contributed by atoms with E-state index < -0.39 is 12.1 Å². The van der Waals surface area contributed by atoms with E-state index in [1.807, 2.05) is 16.8 Å². The van der Waals surface area contributed by atoms with Crippen molar-refractivity contribution in [2.75, 3.05) is 6.54 Å². The van der Waals surface area contributed by atoms with E-state index in [2.05, 4.69) is 0 Å². The molecule has 0 aliphatic heterocycles. The fourth-order valence-corrected chi connectivity index (χ4v) is 1.74. The zero-order valence-electron chi connectivity index (χ0n) is 7.92. The molecule has 0 fully saturated rings. The molecule has 1 aromatic rings. The summed E-state index contributed by atoms with van der Waals surface area (Å²) in [7, 11) is 0. The van der Waals surface area contributed by atoms with E-state index >= 15 is 0 Å². The molecule has 0 saturated carbocycles. The number of carboxylic acids is 1. The summed E-state index contributed by atoms with van der Waals surface area (Å²) >= 11 is 1.48. The van der Waals surface area contributed by atoms with Crippen LogP contribution >= 0.6 is 11.3 Å². The number of rotatable bonds is 5. The van der Waals surface area contributed by atoms with Crippen molar-refractivity contribution < 1.29 is 19.8 Å². The van der Waals surface area contributed by atoms with Crippen LogP contribution in [-0.2, 0) is 11.3 Å². The minimum absolute atomic E-state index is 0.0144. The molecule has 0 atom stereocenters. The van der Waals surface area contributed by atoms with E-state index in [0.717, 1.165) is 10.5 Å². The van der Waals surface area contributed by atoms with Crippen LogP contribution in [0.2, 0.25) is 0 Å². The molecule has 5 nitrogen and oxygen atoms in total. The summed E-state index contributed by atoms with van der Waals surface area (Å²) in [5.41, 5.74) is 0.882. The standard InChI is InChI=1S/C9H11NO4S/c11-8(12)1-3-10(9(13)14)5-7-2-4-15-6-7/h2,4,6H,1,3,5H2,(H,11,12)(H,13,14). The second-order valence-electron chi connectivity index (χ2n) is 2.98. The predicted octanol–water partition coefficient (Wildman–Crippen LogP) is 1.70. The highest BCUT2D eigenvalue weighted by atomic mass is 32.1. The third-order valence-corrected chi connectivity index (χ3v) is 2.55. The molecule has 0 aliphatic carbocycles. The first-order valence-corrected chi connectivity index (χ1v) is 5.24. The highest BCUT2D eigenvalue weighted by Crippen LogP contribution is 2.09. The van der Waals surface area contributed by atoms with Gasteiger partial charge in [0.15, 0.2) is 0 Å². The summed E-state index contributed by atoms with van der Waals surface area (Å²) < 4.78 is 0. The summed E-state index contributed by atoms with van der Waals surface area (Å²) in [6.45, 7) is 0.257. The van der Waals surface area contributed by atoms with Gasteiger partial charge in [0.25, 0.3) is 0 Å². The normalized spacial score (nSPS) is 9.87. The van der Waals surface area contributed by atoms with E-state index in [0.29, 0.717) is 0 Å². The predicted molar refractivity (Wildman–Crippen MR) is 55.0 cm³/mol. The molecular weight excluding hydrogens is 218 g/mol. The number of thiophene rings is 1. The Morgan fingerprint density at radius 1 is 1.40 bits per heavy atom. The molecule has 82 valence electrons. The van der Waals surface area contributed by atoms with Crippen LogP contribution < -0.4 is 0 Å². The zero-order valence-corrected chi connectivity index (χ0v) is 8.74. The zero-order chi connectivity index (χ0) is 11.3. The van der Waals surface area contributed by atoms with Crippen LogP contribution in [0.1, 0.15) is 12.0 Å². The van der Waals surface area contributed by atoms with Gasteiger partial charge in [-0.2, -0.15) is 11.3 Å². The maximum Gasteiger partial charge on any atom is 0.407 e. The van der Waals surface area contributed by atoms with E-state index in [1.165, 1.54) is 11.3 Å². The number of aliphatic carboxylic acids is 1. The van der Waals surface area contributed by atoms with Gasteiger partial charge in [-0.05, 0) is 22.4 Å². The Morgan fingerprint density at radius 3 is 2.60 bits per heavy atom. The summed E-state index contributed by atoms with van der Waals surface area (Å²) in [6, 6.07) is 1.82.